The Morgan fingerprint density at radius 2 is 1.24 bits per heavy atom. The van der Waals surface area contributed by atoms with Crippen LogP contribution in [0.4, 0.5) is 0 Å². The molecule has 0 unspecified atom stereocenters. The van der Waals surface area contributed by atoms with E-state index in [2.05, 4.69) is 16.0 Å². The van der Waals surface area contributed by atoms with Gasteiger partial charge in [0.2, 0.25) is 0 Å². The Kier molecular flexibility index (Phi) is 4.86. The SMILES string of the molecule is O=C(NNC(=O)c1nn(-c2ccccc2)c(=O)c2ccccc12)c1ccccc1. The molecule has 3 aromatic carbocycles. The number of nitrogens with one attached hydrogen (secondary N) is 2. The summed E-state index contributed by atoms with van der Waals surface area (Å²) in [5, 5.41) is 5.01. The molecule has 0 aliphatic carbocycles. The van der Waals surface area contributed by atoms with Crippen LogP contribution >= 0.6 is 0 Å². The van der Waals surface area contributed by atoms with Gasteiger partial charge in [0, 0.05) is 10.9 Å². The zero-order chi connectivity index (χ0) is 20.2. The Hall–Kier alpha value is -4.26. The lowest BCUT2D eigenvalue weighted by Gasteiger charge is -2.12. The van der Waals surface area contributed by atoms with Gasteiger partial charge in [-0.1, -0.05) is 54.6 Å². The van der Waals surface area contributed by atoms with E-state index in [0.717, 1.165) is 0 Å². The lowest BCUT2D eigenvalue weighted by molar-refractivity contribution is 0.0844. The number of para-hydroxylation sites is 1. The van der Waals surface area contributed by atoms with Crippen LogP contribution in [0.2, 0.25) is 0 Å². The van der Waals surface area contributed by atoms with Crippen LogP contribution in [-0.4, -0.2) is 21.6 Å². The maximum absolute atomic E-state index is 12.9. The normalized spacial score (nSPS) is 10.5. The molecule has 0 saturated heterocycles. The van der Waals surface area contributed by atoms with Gasteiger partial charge in [-0.2, -0.15) is 9.78 Å². The molecule has 4 aromatic rings. The Morgan fingerprint density at radius 3 is 1.93 bits per heavy atom. The van der Waals surface area contributed by atoms with Crippen LogP contribution in [0.15, 0.2) is 89.7 Å². The van der Waals surface area contributed by atoms with Crippen LogP contribution in [0.25, 0.3) is 16.5 Å². The lowest BCUT2D eigenvalue weighted by Crippen LogP contribution is -2.42. The van der Waals surface area contributed by atoms with Crippen molar-refractivity contribution in [2.75, 3.05) is 0 Å². The minimum atomic E-state index is -0.629. The summed E-state index contributed by atoms with van der Waals surface area (Å²) in [6.07, 6.45) is 0. The molecule has 1 heterocycles. The van der Waals surface area contributed by atoms with Gasteiger partial charge in [0.1, 0.15) is 0 Å². The van der Waals surface area contributed by atoms with Gasteiger partial charge in [-0.25, -0.2) is 0 Å². The van der Waals surface area contributed by atoms with Crippen molar-refractivity contribution in [1.82, 2.24) is 20.6 Å². The average molecular weight is 384 g/mol. The number of aromatic nitrogens is 2. The van der Waals surface area contributed by atoms with E-state index in [1.807, 2.05) is 6.07 Å². The number of carbonyl (C=O) groups excluding carboxylic acids is 2. The van der Waals surface area contributed by atoms with E-state index in [-0.39, 0.29) is 11.3 Å². The smallest absolute Gasteiger partial charge is 0.267 e. The van der Waals surface area contributed by atoms with E-state index in [1.54, 1.807) is 78.9 Å². The third-order valence-corrected chi connectivity index (χ3v) is 4.35. The van der Waals surface area contributed by atoms with Crippen molar-refractivity contribution >= 4 is 22.6 Å². The van der Waals surface area contributed by atoms with Crippen LogP contribution in [0, 0.1) is 0 Å². The molecule has 7 nitrogen and oxygen atoms in total. The van der Waals surface area contributed by atoms with Crippen LogP contribution in [0.5, 0.6) is 0 Å². The van der Waals surface area contributed by atoms with Crippen LogP contribution in [0.1, 0.15) is 20.8 Å². The van der Waals surface area contributed by atoms with Crippen molar-refractivity contribution in [2.45, 2.75) is 0 Å². The molecule has 2 amide bonds. The molecule has 4 rings (SSSR count). The maximum Gasteiger partial charge on any atom is 0.290 e. The number of fused-ring (bicyclic) bond motifs is 1. The van der Waals surface area contributed by atoms with E-state index in [4.69, 9.17) is 0 Å². The van der Waals surface area contributed by atoms with Crippen molar-refractivity contribution in [3.8, 4) is 5.69 Å². The van der Waals surface area contributed by atoms with Gasteiger partial charge in [-0.15, -0.1) is 0 Å². The van der Waals surface area contributed by atoms with Gasteiger partial charge in [0.05, 0.1) is 11.1 Å². The summed E-state index contributed by atoms with van der Waals surface area (Å²) in [5.41, 5.74) is 5.37. The first kappa shape index (κ1) is 18.1. The predicted octanol–water partition coefficient (Wildman–Crippen LogP) is 2.46. The van der Waals surface area contributed by atoms with Crippen LogP contribution in [-0.2, 0) is 0 Å². The van der Waals surface area contributed by atoms with Crippen LogP contribution < -0.4 is 16.4 Å². The Bertz CT molecular complexity index is 1250. The highest BCUT2D eigenvalue weighted by molar-refractivity contribution is 6.06. The van der Waals surface area contributed by atoms with E-state index in [0.29, 0.717) is 22.0 Å². The molecule has 2 N–H and O–H groups in total. The van der Waals surface area contributed by atoms with Crippen molar-refractivity contribution < 1.29 is 9.59 Å². The third kappa shape index (κ3) is 3.61. The van der Waals surface area contributed by atoms with Gasteiger partial charge in [0.25, 0.3) is 17.4 Å². The number of rotatable bonds is 3. The molecule has 7 heteroatoms. The van der Waals surface area contributed by atoms with Gasteiger partial charge < -0.3 is 0 Å². The number of hydrogen-bond donors (Lipinski definition) is 2. The minimum Gasteiger partial charge on any atom is -0.267 e. The fraction of sp³-hybridized carbons (Fsp3) is 0. The molecule has 0 saturated carbocycles. The molecule has 0 aliphatic heterocycles. The molecular formula is C22H16N4O3. The molecule has 142 valence electrons. The van der Waals surface area contributed by atoms with Crippen molar-refractivity contribution in [3.05, 3.63) is 107 Å². The van der Waals surface area contributed by atoms with Gasteiger partial charge >= 0.3 is 0 Å². The summed E-state index contributed by atoms with van der Waals surface area (Å²) >= 11 is 0. The molecule has 29 heavy (non-hydrogen) atoms. The number of carbonyl (C=O) groups is 2. The second-order valence-electron chi connectivity index (χ2n) is 6.22. The number of hydrazine groups is 1. The van der Waals surface area contributed by atoms with E-state index in [1.165, 1.54) is 4.68 Å². The predicted molar refractivity (Wildman–Crippen MR) is 109 cm³/mol. The molecule has 0 bridgehead atoms. The summed E-state index contributed by atoms with van der Waals surface area (Å²) < 4.78 is 1.18. The largest absolute Gasteiger partial charge is 0.290 e. The van der Waals surface area contributed by atoms with Gasteiger partial charge in [0.15, 0.2) is 5.69 Å². The summed E-state index contributed by atoms with van der Waals surface area (Å²) in [7, 11) is 0. The zero-order valence-electron chi connectivity index (χ0n) is 15.2. The molecule has 1 aromatic heterocycles. The average Bonchev–Trinajstić information content (AvgIpc) is 2.79. The van der Waals surface area contributed by atoms with Crippen molar-refractivity contribution in [2.24, 2.45) is 0 Å². The fourth-order valence-corrected chi connectivity index (χ4v) is 2.94. The summed E-state index contributed by atoms with van der Waals surface area (Å²) in [6.45, 7) is 0. The zero-order valence-corrected chi connectivity index (χ0v) is 15.2. The Morgan fingerprint density at radius 1 is 0.690 bits per heavy atom. The summed E-state index contributed by atoms with van der Waals surface area (Å²) in [6, 6.07) is 24.0. The molecule has 0 atom stereocenters. The van der Waals surface area contributed by atoms with E-state index in [9.17, 15) is 14.4 Å². The standard InChI is InChI=1S/C22H16N4O3/c27-20(15-9-3-1-4-10-15)23-24-21(28)19-17-13-7-8-14-18(17)22(29)26(25-19)16-11-5-2-6-12-16/h1-14H,(H,23,27)(H,24,28). The van der Waals surface area contributed by atoms with E-state index >= 15 is 0 Å². The summed E-state index contributed by atoms with van der Waals surface area (Å²) in [5.74, 6) is -1.09. The maximum atomic E-state index is 12.9. The minimum absolute atomic E-state index is 0.0254. The highest BCUT2D eigenvalue weighted by Crippen LogP contribution is 2.15. The van der Waals surface area contributed by atoms with Gasteiger partial charge in [-0.3, -0.25) is 25.2 Å². The Balaban J connectivity index is 1.71. The van der Waals surface area contributed by atoms with Gasteiger partial charge in [-0.05, 0) is 30.3 Å². The number of nitrogens with zero attached hydrogens (tertiary/aromatic N) is 2. The number of amides is 2. The number of benzene rings is 3. The Labute approximate surface area is 165 Å². The molecule has 0 radical (unpaired) electrons. The van der Waals surface area contributed by atoms with Crippen molar-refractivity contribution in [3.63, 3.8) is 0 Å². The molecule has 0 fully saturated rings. The lowest BCUT2D eigenvalue weighted by atomic mass is 10.1. The molecule has 0 aliphatic rings. The number of hydrogen-bond acceptors (Lipinski definition) is 4. The molecule has 0 spiro atoms. The monoisotopic (exact) mass is 384 g/mol. The van der Waals surface area contributed by atoms with Crippen LogP contribution in [0.3, 0.4) is 0 Å². The van der Waals surface area contributed by atoms with Crippen molar-refractivity contribution in [1.29, 1.82) is 0 Å². The first-order chi connectivity index (χ1) is 14.1. The van der Waals surface area contributed by atoms with E-state index < -0.39 is 11.8 Å². The fourth-order valence-electron chi connectivity index (χ4n) is 2.94. The summed E-state index contributed by atoms with van der Waals surface area (Å²) in [4.78, 5) is 37.8. The first-order valence-electron chi connectivity index (χ1n) is 8.88. The highest BCUT2D eigenvalue weighted by atomic mass is 16.2. The second kappa shape index (κ2) is 7.77. The first-order valence-corrected chi connectivity index (χ1v) is 8.88. The second-order valence-corrected chi connectivity index (χ2v) is 6.22. The topological polar surface area (TPSA) is 93.1 Å². The molecular weight excluding hydrogens is 368 g/mol. The third-order valence-electron chi connectivity index (χ3n) is 4.35. The quantitative estimate of drug-likeness (QED) is 0.531. The highest BCUT2D eigenvalue weighted by Gasteiger charge is 2.18.